The van der Waals surface area contributed by atoms with Crippen molar-refractivity contribution in [3.8, 4) is 0 Å². The zero-order valence-electron chi connectivity index (χ0n) is 14.3. The van der Waals surface area contributed by atoms with Crippen molar-refractivity contribution in [1.29, 1.82) is 0 Å². The molecule has 2 N–H and O–H groups in total. The normalized spacial score (nSPS) is 10.7. The first-order valence-electron chi connectivity index (χ1n) is 8.19. The molecule has 0 atom stereocenters. The van der Waals surface area contributed by atoms with Crippen LogP contribution in [0.5, 0.6) is 0 Å². The van der Waals surface area contributed by atoms with Gasteiger partial charge in [0.2, 0.25) is 0 Å². The van der Waals surface area contributed by atoms with Crippen molar-refractivity contribution in [2.24, 2.45) is 0 Å². The average molecular weight is 346 g/mol. The van der Waals surface area contributed by atoms with Crippen molar-refractivity contribution < 1.29 is 9.29 Å². The maximum absolute atomic E-state index is 13.0. The van der Waals surface area contributed by atoms with Gasteiger partial charge in [-0.25, -0.2) is 4.39 Å². The molecule has 2 rings (SSSR count). The standard InChI is InChI=1S/C19H24FN3S/c1-22(2)13-6-14-23(15-16-7-4-3-5-8-16)19(24)21-18-11-9-17(20)10-12-18/h3-5,7-12H,6,13-15H2,1-2H3,(H,21,24)/p+1. The van der Waals surface area contributed by atoms with Crippen molar-refractivity contribution in [1.82, 2.24) is 4.90 Å². The van der Waals surface area contributed by atoms with Crippen molar-refractivity contribution in [2.45, 2.75) is 13.0 Å². The molecule has 2 aromatic rings. The summed E-state index contributed by atoms with van der Waals surface area (Å²) in [7, 11) is 4.30. The second-order valence-corrected chi connectivity index (χ2v) is 6.54. The molecule has 0 aliphatic rings. The van der Waals surface area contributed by atoms with Crippen molar-refractivity contribution in [2.75, 3.05) is 32.5 Å². The molecule has 0 radical (unpaired) electrons. The van der Waals surface area contributed by atoms with E-state index in [2.05, 4.69) is 36.4 Å². The molecule has 2 aromatic carbocycles. The van der Waals surface area contributed by atoms with Crippen LogP contribution >= 0.6 is 12.2 Å². The van der Waals surface area contributed by atoms with Crippen molar-refractivity contribution >= 4 is 23.0 Å². The number of anilines is 1. The third-order valence-electron chi connectivity index (χ3n) is 3.70. The highest BCUT2D eigenvalue weighted by atomic mass is 32.1. The zero-order valence-corrected chi connectivity index (χ0v) is 15.1. The summed E-state index contributed by atoms with van der Waals surface area (Å²) in [5.74, 6) is -0.249. The number of hydrogen-bond acceptors (Lipinski definition) is 1. The van der Waals surface area contributed by atoms with E-state index in [1.165, 1.54) is 22.6 Å². The summed E-state index contributed by atoms with van der Waals surface area (Å²) >= 11 is 5.58. The van der Waals surface area contributed by atoms with Gasteiger partial charge >= 0.3 is 0 Å². The number of quaternary nitrogens is 1. The third kappa shape index (κ3) is 6.26. The smallest absolute Gasteiger partial charge is 0.173 e. The average Bonchev–Trinajstić information content (AvgIpc) is 2.56. The van der Waals surface area contributed by atoms with E-state index < -0.39 is 0 Å². The Labute approximate surface area is 149 Å². The highest BCUT2D eigenvalue weighted by molar-refractivity contribution is 7.80. The number of nitrogens with one attached hydrogen (secondary N) is 2. The summed E-state index contributed by atoms with van der Waals surface area (Å²) in [5.41, 5.74) is 2.02. The molecule has 0 spiro atoms. The Morgan fingerprint density at radius 3 is 2.38 bits per heavy atom. The van der Waals surface area contributed by atoms with Gasteiger partial charge in [-0.05, 0) is 42.0 Å². The Balaban J connectivity index is 2.02. The summed E-state index contributed by atoms with van der Waals surface area (Å²) < 4.78 is 13.0. The first-order valence-corrected chi connectivity index (χ1v) is 8.60. The van der Waals surface area contributed by atoms with Gasteiger partial charge in [0.25, 0.3) is 0 Å². The maximum atomic E-state index is 13.0. The summed E-state index contributed by atoms with van der Waals surface area (Å²) in [6.07, 6.45) is 1.06. The summed E-state index contributed by atoms with van der Waals surface area (Å²) in [4.78, 5) is 3.59. The van der Waals surface area contributed by atoms with Crippen molar-refractivity contribution in [3.63, 3.8) is 0 Å². The first kappa shape index (κ1) is 18.4. The highest BCUT2D eigenvalue weighted by Crippen LogP contribution is 2.12. The number of benzene rings is 2. The molecule has 0 aliphatic heterocycles. The van der Waals surface area contributed by atoms with Crippen LogP contribution in [0.1, 0.15) is 12.0 Å². The molecule has 0 aliphatic carbocycles. The van der Waals surface area contributed by atoms with E-state index in [0.29, 0.717) is 5.11 Å². The number of hydrogen-bond donors (Lipinski definition) is 2. The number of thiocarbonyl (C=S) groups is 1. The quantitative estimate of drug-likeness (QED) is 0.752. The fraction of sp³-hybridized carbons (Fsp3) is 0.316. The molecular formula is C19H25FN3S+. The van der Waals surface area contributed by atoms with E-state index in [0.717, 1.165) is 31.7 Å². The Kier molecular flexibility index (Phi) is 7.15. The van der Waals surface area contributed by atoms with E-state index >= 15 is 0 Å². The molecular weight excluding hydrogens is 321 g/mol. The second kappa shape index (κ2) is 9.35. The van der Waals surface area contributed by atoms with Crippen LogP contribution in [0.25, 0.3) is 0 Å². The lowest BCUT2D eigenvalue weighted by Crippen LogP contribution is -3.05. The van der Waals surface area contributed by atoms with Gasteiger partial charge in [0.1, 0.15) is 5.82 Å². The van der Waals surface area contributed by atoms with E-state index in [1.54, 1.807) is 12.1 Å². The second-order valence-electron chi connectivity index (χ2n) is 6.15. The summed E-state index contributed by atoms with van der Waals surface area (Å²) in [6, 6.07) is 16.6. The molecule has 0 saturated heterocycles. The largest absolute Gasteiger partial charge is 0.344 e. The van der Waals surface area contributed by atoms with Crippen molar-refractivity contribution in [3.05, 3.63) is 66.0 Å². The van der Waals surface area contributed by atoms with E-state index in [-0.39, 0.29) is 5.82 Å². The minimum absolute atomic E-state index is 0.249. The number of halogens is 1. The molecule has 24 heavy (non-hydrogen) atoms. The molecule has 0 fully saturated rings. The molecule has 0 unspecified atom stereocenters. The fourth-order valence-electron chi connectivity index (χ4n) is 2.42. The predicted octanol–water partition coefficient (Wildman–Crippen LogP) is 2.56. The lowest BCUT2D eigenvalue weighted by atomic mass is 10.2. The van der Waals surface area contributed by atoms with Crippen LogP contribution in [-0.2, 0) is 6.54 Å². The lowest BCUT2D eigenvalue weighted by molar-refractivity contribution is -0.858. The van der Waals surface area contributed by atoms with Crippen LogP contribution < -0.4 is 10.2 Å². The van der Waals surface area contributed by atoms with Crippen LogP contribution in [-0.4, -0.2) is 37.2 Å². The van der Waals surface area contributed by atoms with Gasteiger partial charge in [0, 0.05) is 25.2 Å². The van der Waals surface area contributed by atoms with Crippen LogP contribution in [0.4, 0.5) is 10.1 Å². The molecule has 0 heterocycles. The van der Waals surface area contributed by atoms with Crippen LogP contribution in [0.3, 0.4) is 0 Å². The van der Waals surface area contributed by atoms with Gasteiger partial charge < -0.3 is 15.1 Å². The van der Waals surface area contributed by atoms with Gasteiger partial charge in [-0.2, -0.15) is 0 Å². The first-order chi connectivity index (χ1) is 11.5. The maximum Gasteiger partial charge on any atom is 0.173 e. The monoisotopic (exact) mass is 346 g/mol. The molecule has 0 aromatic heterocycles. The van der Waals surface area contributed by atoms with E-state index in [4.69, 9.17) is 12.2 Å². The number of nitrogens with zero attached hydrogens (tertiary/aromatic N) is 1. The van der Waals surface area contributed by atoms with Crippen LogP contribution in [0.15, 0.2) is 54.6 Å². The molecule has 0 amide bonds. The highest BCUT2D eigenvalue weighted by Gasteiger charge is 2.11. The Hall–Kier alpha value is -1.98. The van der Waals surface area contributed by atoms with E-state index in [9.17, 15) is 4.39 Å². The van der Waals surface area contributed by atoms with Gasteiger partial charge in [0.15, 0.2) is 5.11 Å². The predicted molar refractivity (Wildman–Crippen MR) is 102 cm³/mol. The van der Waals surface area contributed by atoms with Crippen LogP contribution in [0, 0.1) is 5.82 Å². The van der Waals surface area contributed by atoms with Gasteiger partial charge in [-0.15, -0.1) is 0 Å². The van der Waals surface area contributed by atoms with Gasteiger partial charge in [-0.1, -0.05) is 30.3 Å². The SMILES string of the molecule is C[NH+](C)CCCN(Cc1ccccc1)C(=S)Nc1ccc(F)cc1. The molecule has 0 bridgehead atoms. The molecule has 5 heteroatoms. The summed E-state index contributed by atoms with van der Waals surface area (Å²) in [5, 5.41) is 3.88. The third-order valence-corrected chi connectivity index (χ3v) is 4.06. The molecule has 3 nitrogen and oxygen atoms in total. The minimum atomic E-state index is -0.249. The number of rotatable bonds is 7. The molecule has 0 saturated carbocycles. The summed E-state index contributed by atoms with van der Waals surface area (Å²) in [6.45, 7) is 2.73. The van der Waals surface area contributed by atoms with Crippen LogP contribution in [0.2, 0.25) is 0 Å². The fourth-order valence-corrected chi connectivity index (χ4v) is 2.69. The zero-order chi connectivity index (χ0) is 17.4. The minimum Gasteiger partial charge on any atom is -0.344 e. The van der Waals surface area contributed by atoms with E-state index in [1.807, 2.05) is 18.2 Å². The topological polar surface area (TPSA) is 19.7 Å². The van der Waals surface area contributed by atoms with Gasteiger partial charge in [0.05, 0.1) is 20.6 Å². The molecule has 128 valence electrons. The Bertz CT molecular complexity index is 629. The Morgan fingerprint density at radius 2 is 1.75 bits per heavy atom. The Morgan fingerprint density at radius 1 is 1.08 bits per heavy atom. The lowest BCUT2D eigenvalue weighted by Gasteiger charge is -2.26. The van der Waals surface area contributed by atoms with Gasteiger partial charge in [-0.3, -0.25) is 0 Å².